The minimum atomic E-state index is -0.578. The minimum absolute atomic E-state index is 0.0858. The topological polar surface area (TPSA) is 93.3 Å². The van der Waals surface area contributed by atoms with Crippen molar-refractivity contribution in [3.63, 3.8) is 0 Å². The predicted octanol–water partition coefficient (Wildman–Crippen LogP) is 1.04. The number of ether oxygens (including phenoxy) is 2. The molecule has 0 aliphatic carbocycles. The van der Waals surface area contributed by atoms with Crippen LogP contribution in [0.1, 0.15) is 10.4 Å². The average Bonchev–Trinajstić information content (AvgIpc) is 2.47. The molecule has 0 bridgehead atoms. The number of benzene rings is 1. The van der Waals surface area contributed by atoms with Gasteiger partial charge in [0, 0.05) is 12.3 Å². The molecule has 1 heterocycles. The molecule has 0 spiro atoms. The summed E-state index contributed by atoms with van der Waals surface area (Å²) in [5, 5.41) is 2.59. The number of aromatic amines is 1. The van der Waals surface area contributed by atoms with Crippen LogP contribution in [0.3, 0.4) is 0 Å². The Hall–Kier alpha value is -2.83. The van der Waals surface area contributed by atoms with Gasteiger partial charge in [-0.2, -0.15) is 0 Å². The molecular weight excluding hydrogens is 262 g/mol. The van der Waals surface area contributed by atoms with Crippen molar-refractivity contribution in [3.05, 3.63) is 46.6 Å². The molecular formula is C13H13N3O4. The Bertz CT molecular complexity index is 681. The van der Waals surface area contributed by atoms with E-state index in [1.54, 1.807) is 18.2 Å². The molecule has 0 atom stereocenters. The molecule has 7 heteroatoms. The summed E-state index contributed by atoms with van der Waals surface area (Å²) in [4.78, 5) is 29.6. The fourth-order valence-corrected chi connectivity index (χ4v) is 1.61. The summed E-state index contributed by atoms with van der Waals surface area (Å²) in [6.45, 7) is 0. The summed E-state index contributed by atoms with van der Waals surface area (Å²) in [6.07, 6.45) is 2.41. The molecule has 2 rings (SSSR count). The molecule has 1 aromatic carbocycles. The number of carbonyl (C=O) groups is 1. The highest BCUT2D eigenvalue weighted by molar-refractivity contribution is 6.04. The molecule has 0 saturated carbocycles. The van der Waals surface area contributed by atoms with Crippen molar-refractivity contribution in [2.24, 2.45) is 0 Å². The number of nitrogens with one attached hydrogen (secondary N) is 2. The second kappa shape index (κ2) is 5.87. The zero-order chi connectivity index (χ0) is 14.5. The van der Waals surface area contributed by atoms with Crippen molar-refractivity contribution in [2.75, 3.05) is 19.5 Å². The number of anilines is 1. The molecule has 2 N–H and O–H groups in total. The van der Waals surface area contributed by atoms with Gasteiger partial charge >= 0.3 is 0 Å². The van der Waals surface area contributed by atoms with Crippen LogP contribution in [0.15, 0.2) is 35.5 Å². The summed E-state index contributed by atoms with van der Waals surface area (Å²) in [5.41, 5.74) is -0.197. The van der Waals surface area contributed by atoms with E-state index in [4.69, 9.17) is 9.47 Å². The van der Waals surface area contributed by atoms with Gasteiger partial charge in [-0.25, -0.2) is 4.98 Å². The van der Waals surface area contributed by atoms with E-state index < -0.39 is 11.5 Å². The summed E-state index contributed by atoms with van der Waals surface area (Å²) in [7, 11) is 2.99. The highest BCUT2D eigenvalue weighted by Crippen LogP contribution is 2.29. The Morgan fingerprint density at radius 1 is 1.30 bits per heavy atom. The fourth-order valence-electron chi connectivity index (χ4n) is 1.61. The summed E-state index contributed by atoms with van der Waals surface area (Å²) in [6, 6.07) is 4.95. The molecule has 0 fully saturated rings. The van der Waals surface area contributed by atoms with Crippen LogP contribution in [0, 0.1) is 0 Å². The first kappa shape index (κ1) is 13.6. The SMILES string of the molecule is COc1ccc(OC)c(NC(=O)c2cnc[nH]c2=O)c1. The molecule has 104 valence electrons. The lowest BCUT2D eigenvalue weighted by Crippen LogP contribution is -2.23. The van der Waals surface area contributed by atoms with Gasteiger partial charge in [-0.15, -0.1) is 0 Å². The fraction of sp³-hybridized carbons (Fsp3) is 0.154. The van der Waals surface area contributed by atoms with E-state index in [0.29, 0.717) is 17.2 Å². The van der Waals surface area contributed by atoms with E-state index in [1.807, 2.05) is 0 Å². The van der Waals surface area contributed by atoms with Crippen LogP contribution >= 0.6 is 0 Å². The van der Waals surface area contributed by atoms with E-state index in [-0.39, 0.29) is 5.56 Å². The average molecular weight is 275 g/mol. The molecule has 0 aliphatic rings. The van der Waals surface area contributed by atoms with Crippen molar-refractivity contribution in [1.29, 1.82) is 0 Å². The Morgan fingerprint density at radius 2 is 2.10 bits per heavy atom. The van der Waals surface area contributed by atoms with Crippen LogP contribution < -0.4 is 20.3 Å². The molecule has 0 radical (unpaired) electrons. The predicted molar refractivity (Wildman–Crippen MR) is 72.4 cm³/mol. The Morgan fingerprint density at radius 3 is 2.75 bits per heavy atom. The Balaban J connectivity index is 2.32. The second-order valence-electron chi connectivity index (χ2n) is 3.81. The number of hydrogen-bond donors (Lipinski definition) is 2. The zero-order valence-electron chi connectivity index (χ0n) is 11.0. The maximum absolute atomic E-state index is 12.0. The molecule has 0 unspecified atom stereocenters. The molecule has 1 amide bonds. The van der Waals surface area contributed by atoms with E-state index in [2.05, 4.69) is 15.3 Å². The Kier molecular flexibility index (Phi) is 3.99. The number of aromatic nitrogens is 2. The monoisotopic (exact) mass is 275 g/mol. The van der Waals surface area contributed by atoms with Crippen molar-refractivity contribution in [1.82, 2.24) is 9.97 Å². The highest BCUT2D eigenvalue weighted by atomic mass is 16.5. The zero-order valence-corrected chi connectivity index (χ0v) is 11.0. The van der Waals surface area contributed by atoms with Gasteiger partial charge in [0.2, 0.25) is 0 Å². The number of methoxy groups -OCH3 is 2. The van der Waals surface area contributed by atoms with E-state index in [1.165, 1.54) is 26.7 Å². The van der Waals surface area contributed by atoms with Crippen molar-refractivity contribution in [3.8, 4) is 11.5 Å². The highest BCUT2D eigenvalue weighted by Gasteiger charge is 2.13. The maximum atomic E-state index is 12.0. The summed E-state index contributed by atoms with van der Waals surface area (Å²) in [5.74, 6) is 0.437. The normalized spacial score (nSPS) is 9.90. The lowest BCUT2D eigenvalue weighted by Gasteiger charge is -2.11. The van der Waals surface area contributed by atoms with Crippen LogP contribution in [0.4, 0.5) is 5.69 Å². The van der Waals surface area contributed by atoms with E-state index in [0.717, 1.165) is 0 Å². The van der Waals surface area contributed by atoms with Crippen LogP contribution in [-0.4, -0.2) is 30.1 Å². The summed E-state index contributed by atoms with van der Waals surface area (Å²) < 4.78 is 10.2. The lowest BCUT2D eigenvalue weighted by atomic mass is 10.2. The van der Waals surface area contributed by atoms with Crippen LogP contribution in [0.25, 0.3) is 0 Å². The van der Waals surface area contributed by atoms with Crippen LogP contribution in [0.2, 0.25) is 0 Å². The largest absolute Gasteiger partial charge is 0.497 e. The first-order valence-electron chi connectivity index (χ1n) is 5.71. The van der Waals surface area contributed by atoms with Gasteiger partial charge in [-0.1, -0.05) is 0 Å². The van der Waals surface area contributed by atoms with Gasteiger partial charge < -0.3 is 19.8 Å². The van der Waals surface area contributed by atoms with Gasteiger partial charge in [0.05, 0.1) is 26.2 Å². The molecule has 0 saturated heterocycles. The number of hydrogen-bond acceptors (Lipinski definition) is 5. The number of rotatable bonds is 4. The van der Waals surface area contributed by atoms with Gasteiger partial charge in [-0.3, -0.25) is 9.59 Å². The van der Waals surface area contributed by atoms with E-state index in [9.17, 15) is 9.59 Å². The van der Waals surface area contributed by atoms with Crippen LogP contribution in [0.5, 0.6) is 11.5 Å². The number of amides is 1. The van der Waals surface area contributed by atoms with Crippen molar-refractivity contribution >= 4 is 11.6 Å². The smallest absolute Gasteiger partial charge is 0.263 e. The quantitative estimate of drug-likeness (QED) is 0.869. The third-order valence-corrected chi connectivity index (χ3v) is 2.62. The third kappa shape index (κ3) is 2.77. The Labute approximate surface area is 114 Å². The standard InChI is InChI=1S/C13H13N3O4/c1-19-8-3-4-11(20-2)10(5-8)16-13(18)9-6-14-7-15-12(9)17/h3-7H,1-2H3,(H,16,18)(H,14,15,17). The number of H-pyrrole nitrogens is 1. The summed E-state index contributed by atoms with van der Waals surface area (Å²) >= 11 is 0. The molecule has 2 aromatic rings. The second-order valence-corrected chi connectivity index (χ2v) is 3.81. The number of nitrogens with zero attached hydrogens (tertiary/aromatic N) is 1. The first-order chi connectivity index (χ1) is 9.65. The minimum Gasteiger partial charge on any atom is -0.497 e. The lowest BCUT2D eigenvalue weighted by molar-refractivity contribution is 0.102. The van der Waals surface area contributed by atoms with E-state index >= 15 is 0 Å². The van der Waals surface area contributed by atoms with Gasteiger partial charge in [0.1, 0.15) is 17.1 Å². The van der Waals surface area contributed by atoms with Gasteiger partial charge in [0.25, 0.3) is 11.5 Å². The third-order valence-electron chi connectivity index (χ3n) is 2.62. The molecule has 0 aliphatic heterocycles. The molecule has 7 nitrogen and oxygen atoms in total. The first-order valence-corrected chi connectivity index (χ1v) is 5.71. The van der Waals surface area contributed by atoms with Crippen molar-refractivity contribution in [2.45, 2.75) is 0 Å². The molecule has 1 aromatic heterocycles. The number of carbonyl (C=O) groups excluding carboxylic acids is 1. The van der Waals surface area contributed by atoms with Gasteiger partial charge in [0.15, 0.2) is 0 Å². The van der Waals surface area contributed by atoms with Crippen LogP contribution in [-0.2, 0) is 0 Å². The van der Waals surface area contributed by atoms with Crippen molar-refractivity contribution < 1.29 is 14.3 Å². The molecule has 20 heavy (non-hydrogen) atoms. The maximum Gasteiger partial charge on any atom is 0.263 e. The van der Waals surface area contributed by atoms with Gasteiger partial charge in [-0.05, 0) is 12.1 Å².